The van der Waals surface area contributed by atoms with E-state index in [4.69, 9.17) is 10.2 Å². The molecule has 0 saturated heterocycles. The number of aliphatic hydroxyl groups excluding tert-OH is 2. The highest BCUT2D eigenvalue weighted by molar-refractivity contribution is 5.81. The lowest BCUT2D eigenvalue weighted by molar-refractivity contribution is -0.146. The van der Waals surface area contributed by atoms with Crippen LogP contribution in [0.2, 0.25) is 0 Å². The average molecular weight is 274 g/mol. The van der Waals surface area contributed by atoms with Gasteiger partial charge < -0.3 is 19.7 Å². The molecule has 0 unspecified atom stereocenters. The summed E-state index contributed by atoms with van der Waals surface area (Å²) in [5.41, 5.74) is -0.306. The number of ether oxygens (including phenoxy) is 2. The topological polar surface area (TPSA) is 93.1 Å². The number of carbonyl (C=O) groups is 2. The zero-order valence-electron chi connectivity index (χ0n) is 11.4. The Labute approximate surface area is 113 Å². The van der Waals surface area contributed by atoms with E-state index in [9.17, 15) is 9.59 Å². The second kappa shape index (κ2) is 11.4. The third-order valence-corrected chi connectivity index (χ3v) is 1.76. The Balaban J connectivity index is 0. The van der Waals surface area contributed by atoms with Crippen molar-refractivity contribution in [2.45, 2.75) is 13.8 Å². The molecule has 0 bridgehead atoms. The van der Waals surface area contributed by atoms with Gasteiger partial charge in [0.1, 0.15) is 13.2 Å². The quantitative estimate of drug-likeness (QED) is 0.397. The van der Waals surface area contributed by atoms with E-state index < -0.39 is 11.9 Å². The predicted molar refractivity (Wildman–Crippen MR) is 70.3 cm³/mol. The molecular formula is C13H22O6. The largest absolute Gasteiger partial charge is 0.459 e. The summed E-state index contributed by atoms with van der Waals surface area (Å²) in [6, 6.07) is 0. The monoisotopic (exact) mass is 274 g/mol. The third kappa shape index (κ3) is 14.3. The standard InChI is InChI=1S/C8H10O4.C5H12O2/c1-3-7(9)11-5-6-12-8(10)4-2;1-5(2,3-6)4-7/h3-4H,1-2,5-6H2;6-7H,3-4H2,1-2H3. The van der Waals surface area contributed by atoms with Gasteiger partial charge in [0, 0.05) is 17.6 Å². The highest BCUT2D eigenvalue weighted by Crippen LogP contribution is 2.10. The molecule has 0 saturated carbocycles. The molecule has 0 aromatic heterocycles. The Kier molecular flexibility index (Phi) is 11.8. The van der Waals surface area contributed by atoms with Crippen LogP contribution in [0, 0.1) is 5.41 Å². The van der Waals surface area contributed by atoms with Crippen LogP contribution in [0.15, 0.2) is 25.3 Å². The second-order valence-electron chi connectivity index (χ2n) is 4.22. The molecule has 0 amide bonds. The SMILES string of the molecule is C=CC(=O)OCCOC(=O)C=C.CC(C)(CO)CO. The van der Waals surface area contributed by atoms with Crippen molar-refractivity contribution in [3.63, 3.8) is 0 Å². The van der Waals surface area contributed by atoms with Crippen LogP contribution in [0.25, 0.3) is 0 Å². The van der Waals surface area contributed by atoms with E-state index in [2.05, 4.69) is 22.6 Å². The second-order valence-corrected chi connectivity index (χ2v) is 4.22. The smallest absolute Gasteiger partial charge is 0.330 e. The molecule has 0 atom stereocenters. The summed E-state index contributed by atoms with van der Waals surface area (Å²) in [4.78, 5) is 20.9. The minimum absolute atomic E-state index is 0.0322. The first-order valence-electron chi connectivity index (χ1n) is 5.63. The lowest BCUT2D eigenvalue weighted by Crippen LogP contribution is -2.20. The zero-order chi connectivity index (χ0) is 15.3. The molecule has 110 valence electrons. The van der Waals surface area contributed by atoms with Gasteiger partial charge in [-0.05, 0) is 0 Å². The van der Waals surface area contributed by atoms with Gasteiger partial charge in [0.15, 0.2) is 0 Å². The molecule has 0 aliphatic heterocycles. The van der Waals surface area contributed by atoms with Crippen molar-refractivity contribution < 1.29 is 29.3 Å². The molecule has 0 aliphatic carbocycles. The summed E-state index contributed by atoms with van der Waals surface area (Å²) in [6.07, 6.45) is 2.07. The van der Waals surface area contributed by atoms with Crippen LogP contribution in [-0.2, 0) is 19.1 Å². The van der Waals surface area contributed by atoms with Gasteiger partial charge in [-0.2, -0.15) is 0 Å². The van der Waals surface area contributed by atoms with Crippen molar-refractivity contribution >= 4 is 11.9 Å². The fourth-order valence-electron chi connectivity index (χ4n) is 0.452. The van der Waals surface area contributed by atoms with Crippen molar-refractivity contribution in [1.82, 2.24) is 0 Å². The fraction of sp³-hybridized carbons (Fsp3) is 0.538. The molecule has 6 heteroatoms. The third-order valence-electron chi connectivity index (χ3n) is 1.76. The summed E-state index contributed by atoms with van der Waals surface area (Å²) < 4.78 is 9.04. The van der Waals surface area contributed by atoms with Crippen molar-refractivity contribution in [2.75, 3.05) is 26.4 Å². The Morgan fingerprint density at radius 3 is 1.47 bits per heavy atom. The van der Waals surface area contributed by atoms with E-state index in [-0.39, 0.29) is 31.8 Å². The first-order chi connectivity index (χ1) is 8.82. The van der Waals surface area contributed by atoms with Gasteiger partial charge in [-0.15, -0.1) is 0 Å². The van der Waals surface area contributed by atoms with Gasteiger partial charge in [-0.25, -0.2) is 9.59 Å². The first kappa shape index (κ1) is 19.7. The summed E-state index contributed by atoms with van der Waals surface area (Å²) in [5, 5.41) is 16.9. The Morgan fingerprint density at radius 2 is 1.32 bits per heavy atom. The number of rotatable bonds is 7. The van der Waals surface area contributed by atoms with Crippen molar-refractivity contribution in [3.8, 4) is 0 Å². The maximum Gasteiger partial charge on any atom is 0.330 e. The van der Waals surface area contributed by atoms with E-state index in [0.29, 0.717) is 0 Å². The molecule has 6 nitrogen and oxygen atoms in total. The molecule has 0 heterocycles. The number of hydrogen-bond acceptors (Lipinski definition) is 6. The normalized spacial score (nSPS) is 9.68. The van der Waals surface area contributed by atoms with Crippen LogP contribution < -0.4 is 0 Å². The van der Waals surface area contributed by atoms with Gasteiger partial charge in [0.05, 0.1) is 13.2 Å². The van der Waals surface area contributed by atoms with E-state index in [1.54, 1.807) is 13.8 Å². The van der Waals surface area contributed by atoms with Crippen molar-refractivity contribution in [3.05, 3.63) is 25.3 Å². The van der Waals surface area contributed by atoms with Crippen LogP contribution in [0.3, 0.4) is 0 Å². The molecule has 0 radical (unpaired) electrons. The first-order valence-corrected chi connectivity index (χ1v) is 5.63. The van der Waals surface area contributed by atoms with Crippen LogP contribution in [0.1, 0.15) is 13.8 Å². The maximum atomic E-state index is 10.4. The molecule has 0 spiro atoms. The number of carbonyl (C=O) groups excluding carboxylic acids is 2. The summed E-state index contributed by atoms with van der Waals surface area (Å²) >= 11 is 0. The van der Waals surface area contributed by atoms with Gasteiger partial charge >= 0.3 is 11.9 Å². The van der Waals surface area contributed by atoms with Crippen LogP contribution in [-0.4, -0.2) is 48.6 Å². The molecule has 19 heavy (non-hydrogen) atoms. The van der Waals surface area contributed by atoms with E-state index in [0.717, 1.165) is 12.2 Å². The fourth-order valence-corrected chi connectivity index (χ4v) is 0.452. The molecule has 2 N–H and O–H groups in total. The van der Waals surface area contributed by atoms with Crippen molar-refractivity contribution in [2.24, 2.45) is 5.41 Å². The molecule has 0 fully saturated rings. The maximum absolute atomic E-state index is 10.4. The minimum atomic E-state index is -0.537. The summed E-state index contributed by atoms with van der Waals surface area (Å²) in [5.74, 6) is -1.07. The van der Waals surface area contributed by atoms with E-state index >= 15 is 0 Å². The molecular weight excluding hydrogens is 252 g/mol. The predicted octanol–water partition coefficient (Wildman–Crippen LogP) is 0.442. The van der Waals surface area contributed by atoms with Gasteiger partial charge in [0.25, 0.3) is 0 Å². The van der Waals surface area contributed by atoms with Gasteiger partial charge in [0.2, 0.25) is 0 Å². The molecule has 0 rings (SSSR count). The van der Waals surface area contributed by atoms with Gasteiger partial charge in [-0.3, -0.25) is 0 Å². The lowest BCUT2D eigenvalue weighted by Gasteiger charge is -2.16. The van der Waals surface area contributed by atoms with E-state index in [1.165, 1.54) is 0 Å². The molecule has 0 aliphatic rings. The van der Waals surface area contributed by atoms with Crippen LogP contribution >= 0.6 is 0 Å². The average Bonchev–Trinajstić information content (AvgIpc) is 2.43. The number of hydrogen-bond donors (Lipinski definition) is 2. The highest BCUT2D eigenvalue weighted by Gasteiger charge is 2.13. The Hall–Kier alpha value is -1.66. The summed E-state index contributed by atoms with van der Waals surface area (Å²) in [6.45, 7) is 10.1. The highest BCUT2D eigenvalue weighted by atomic mass is 16.6. The lowest BCUT2D eigenvalue weighted by atomic mass is 9.97. The molecule has 0 aromatic carbocycles. The summed E-state index contributed by atoms with van der Waals surface area (Å²) in [7, 11) is 0. The van der Waals surface area contributed by atoms with Gasteiger partial charge in [-0.1, -0.05) is 27.0 Å². The number of esters is 2. The zero-order valence-corrected chi connectivity index (χ0v) is 11.4. The van der Waals surface area contributed by atoms with E-state index in [1.807, 2.05) is 0 Å². The van der Waals surface area contributed by atoms with Crippen LogP contribution in [0.4, 0.5) is 0 Å². The molecule has 0 aromatic rings. The number of aliphatic hydroxyl groups is 2. The van der Waals surface area contributed by atoms with Crippen LogP contribution in [0.5, 0.6) is 0 Å². The minimum Gasteiger partial charge on any atom is -0.459 e. The Bertz CT molecular complexity index is 268. The Morgan fingerprint density at radius 1 is 1.00 bits per heavy atom. The van der Waals surface area contributed by atoms with Crippen molar-refractivity contribution in [1.29, 1.82) is 0 Å².